The average Bonchev–Trinajstić information content (AvgIpc) is 2.56. The average molecular weight is 272 g/mol. The topological polar surface area (TPSA) is 0 Å². The fourth-order valence-electron chi connectivity index (χ4n) is 2.76. The fraction of sp³-hybridized carbons (Fsp3) is 0.143. The zero-order valence-electron chi connectivity index (χ0n) is 12.6. The lowest BCUT2D eigenvalue weighted by molar-refractivity contribution is 0.869. The van der Waals surface area contributed by atoms with Crippen molar-refractivity contribution in [2.75, 3.05) is 0 Å². The van der Waals surface area contributed by atoms with Crippen molar-refractivity contribution < 1.29 is 0 Å². The molecule has 0 aromatic heterocycles. The molecule has 0 heteroatoms. The van der Waals surface area contributed by atoms with Crippen molar-refractivity contribution in [1.29, 1.82) is 0 Å². The Kier molecular flexibility index (Phi) is 3.87. The molecule has 0 saturated heterocycles. The summed E-state index contributed by atoms with van der Waals surface area (Å²) >= 11 is 0. The van der Waals surface area contributed by atoms with Gasteiger partial charge in [-0.2, -0.15) is 0 Å². The van der Waals surface area contributed by atoms with Crippen LogP contribution in [-0.2, 0) is 0 Å². The largest absolute Gasteiger partial charge is 0.0622 e. The molecular formula is C21H20. The first kappa shape index (κ1) is 13.6. The summed E-state index contributed by atoms with van der Waals surface area (Å²) in [7, 11) is 0. The van der Waals surface area contributed by atoms with Crippen molar-refractivity contribution in [3.63, 3.8) is 0 Å². The predicted molar refractivity (Wildman–Crippen MR) is 91.4 cm³/mol. The molecular weight excluding hydrogens is 252 g/mol. The third-order valence-electron chi connectivity index (χ3n) is 3.86. The van der Waals surface area contributed by atoms with Gasteiger partial charge >= 0.3 is 0 Å². The maximum atomic E-state index is 2.29. The Balaban J connectivity index is 2.09. The molecule has 0 fully saturated rings. The van der Waals surface area contributed by atoms with Crippen LogP contribution in [0.5, 0.6) is 0 Å². The Hall–Kier alpha value is -2.34. The van der Waals surface area contributed by atoms with E-state index < -0.39 is 0 Å². The van der Waals surface area contributed by atoms with Crippen molar-refractivity contribution in [2.24, 2.45) is 0 Å². The highest BCUT2D eigenvalue weighted by Crippen LogP contribution is 2.31. The minimum absolute atomic E-state index is 0.529. The molecule has 3 rings (SSSR count). The second-order valence-electron chi connectivity index (χ2n) is 5.69. The van der Waals surface area contributed by atoms with Gasteiger partial charge in [0.05, 0.1) is 0 Å². The summed E-state index contributed by atoms with van der Waals surface area (Å²) in [6.45, 7) is 4.50. The van der Waals surface area contributed by atoms with Crippen molar-refractivity contribution >= 4 is 0 Å². The van der Waals surface area contributed by atoms with E-state index in [2.05, 4.69) is 92.7 Å². The maximum absolute atomic E-state index is 2.29. The second kappa shape index (κ2) is 5.97. The summed E-state index contributed by atoms with van der Waals surface area (Å²) in [6, 6.07) is 28.1. The standard InChI is InChI=1S/C21H20/c1-16(2)20-13-6-7-14-21(20)19-12-8-11-18(15-19)17-9-4-3-5-10-17/h3-16H,1-2H3. The van der Waals surface area contributed by atoms with Crippen LogP contribution in [0.25, 0.3) is 22.3 Å². The molecule has 0 nitrogen and oxygen atoms in total. The molecule has 3 aromatic rings. The molecule has 0 bridgehead atoms. The van der Waals surface area contributed by atoms with E-state index in [4.69, 9.17) is 0 Å². The summed E-state index contributed by atoms with van der Waals surface area (Å²) in [5.74, 6) is 0.529. The van der Waals surface area contributed by atoms with Gasteiger partial charge in [0.15, 0.2) is 0 Å². The van der Waals surface area contributed by atoms with E-state index in [9.17, 15) is 0 Å². The van der Waals surface area contributed by atoms with Crippen LogP contribution in [0.3, 0.4) is 0 Å². The van der Waals surface area contributed by atoms with E-state index in [1.807, 2.05) is 0 Å². The van der Waals surface area contributed by atoms with Crippen molar-refractivity contribution in [3.05, 3.63) is 84.4 Å². The minimum Gasteiger partial charge on any atom is -0.0622 e. The molecule has 21 heavy (non-hydrogen) atoms. The number of hydrogen-bond donors (Lipinski definition) is 0. The molecule has 0 radical (unpaired) electrons. The molecule has 0 N–H and O–H groups in total. The quantitative estimate of drug-likeness (QED) is 0.537. The number of hydrogen-bond acceptors (Lipinski definition) is 0. The lowest BCUT2D eigenvalue weighted by Crippen LogP contribution is -1.92. The lowest BCUT2D eigenvalue weighted by Gasteiger charge is -2.13. The third-order valence-corrected chi connectivity index (χ3v) is 3.86. The van der Waals surface area contributed by atoms with Gasteiger partial charge in [-0.1, -0.05) is 86.6 Å². The summed E-state index contributed by atoms with van der Waals surface area (Å²) < 4.78 is 0. The highest BCUT2D eigenvalue weighted by Gasteiger charge is 2.08. The summed E-state index contributed by atoms with van der Waals surface area (Å²) in [6.07, 6.45) is 0. The van der Waals surface area contributed by atoms with Crippen LogP contribution in [0.15, 0.2) is 78.9 Å². The minimum atomic E-state index is 0.529. The maximum Gasteiger partial charge on any atom is -0.0149 e. The van der Waals surface area contributed by atoms with E-state index in [0.717, 1.165) is 0 Å². The molecule has 0 amide bonds. The third kappa shape index (κ3) is 2.90. The van der Waals surface area contributed by atoms with Crippen LogP contribution in [0.2, 0.25) is 0 Å². The smallest absolute Gasteiger partial charge is 0.0149 e. The molecule has 0 spiro atoms. The molecule has 3 aromatic carbocycles. The van der Waals surface area contributed by atoms with Crippen LogP contribution in [0.1, 0.15) is 25.3 Å². The van der Waals surface area contributed by atoms with Crippen LogP contribution >= 0.6 is 0 Å². The van der Waals surface area contributed by atoms with Crippen LogP contribution in [0.4, 0.5) is 0 Å². The van der Waals surface area contributed by atoms with Gasteiger partial charge in [0.2, 0.25) is 0 Å². The second-order valence-corrected chi connectivity index (χ2v) is 5.69. The molecule has 0 heterocycles. The fourth-order valence-corrected chi connectivity index (χ4v) is 2.76. The Morgan fingerprint density at radius 3 is 1.95 bits per heavy atom. The van der Waals surface area contributed by atoms with Crippen LogP contribution < -0.4 is 0 Å². The van der Waals surface area contributed by atoms with Gasteiger partial charge in [0.1, 0.15) is 0 Å². The Morgan fingerprint density at radius 1 is 0.571 bits per heavy atom. The first-order chi connectivity index (χ1) is 10.3. The zero-order valence-corrected chi connectivity index (χ0v) is 12.6. The van der Waals surface area contributed by atoms with Gasteiger partial charge in [0, 0.05) is 0 Å². The summed E-state index contributed by atoms with van der Waals surface area (Å²) in [4.78, 5) is 0. The van der Waals surface area contributed by atoms with E-state index in [-0.39, 0.29) is 0 Å². The molecule has 0 aliphatic heterocycles. The zero-order chi connectivity index (χ0) is 14.7. The van der Waals surface area contributed by atoms with Crippen molar-refractivity contribution in [1.82, 2.24) is 0 Å². The Morgan fingerprint density at radius 2 is 1.19 bits per heavy atom. The molecule has 0 saturated carbocycles. The van der Waals surface area contributed by atoms with Gasteiger partial charge in [0.25, 0.3) is 0 Å². The molecule has 0 aliphatic rings. The van der Waals surface area contributed by atoms with Crippen molar-refractivity contribution in [2.45, 2.75) is 19.8 Å². The highest BCUT2D eigenvalue weighted by atomic mass is 14.1. The van der Waals surface area contributed by atoms with Gasteiger partial charge in [-0.15, -0.1) is 0 Å². The molecule has 104 valence electrons. The highest BCUT2D eigenvalue weighted by molar-refractivity contribution is 5.75. The lowest BCUT2D eigenvalue weighted by atomic mass is 9.91. The van der Waals surface area contributed by atoms with Crippen LogP contribution in [0, 0.1) is 0 Å². The van der Waals surface area contributed by atoms with Crippen LogP contribution in [-0.4, -0.2) is 0 Å². The van der Waals surface area contributed by atoms with E-state index >= 15 is 0 Å². The van der Waals surface area contributed by atoms with Crippen molar-refractivity contribution in [3.8, 4) is 22.3 Å². The first-order valence-electron chi connectivity index (χ1n) is 7.50. The Bertz CT molecular complexity index is 724. The SMILES string of the molecule is CC(C)c1ccccc1-c1cccc(-c2ccccc2)c1. The van der Waals surface area contributed by atoms with Gasteiger partial charge in [-0.3, -0.25) is 0 Å². The number of rotatable bonds is 3. The predicted octanol–water partition coefficient (Wildman–Crippen LogP) is 6.14. The molecule has 0 atom stereocenters. The first-order valence-corrected chi connectivity index (χ1v) is 7.50. The van der Waals surface area contributed by atoms with Gasteiger partial charge < -0.3 is 0 Å². The number of benzene rings is 3. The van der Waals surface area contributed by atoms with E-state index in [1.165, 1.54) is 27.8 Å². The molecule has 0 unspecified atom stereocenters. The van der Waals surface area contributed by atoms with E-state index in [1.54, 1.807) is 0 Å². The van der Waals surface area contributed by atoms with Gasteiger partial charge in [-0.25, -0.2) is 0 Å². The van der Waals surface area contributed by atoms with E-state index in [0.29, 0.717) is 5.92 Å². The summed E-state index contributed by atoms with van der Waals surface area (Å²) in [5, 5.41) is 0. The van der Waals surface area contributed by atoms with Gasteiger partial charge in [-0.05, 0) is 39.8 Å². The molecule has 0 aliphatic carbocycles. The monoisotopic (exact) mass is 272 g/mol. The summed E-state index contributed by atoms with van der Waals surface area (Å²) in [5.41, 5.74) is 6.57. The normalized spacial score (nSPS) is 10.8. The Labute approximate surface area is 127 Å².